The van der Waals surface area contributed by atoms with Gasteiger partial charge in [-0.3, -0.25) is 5.32 Å². The highest BCUT2D eigenvalue weighted by Crippen LogP contribution is 1.98. The summed E-state index contributed by atoms with van der Waals surface area (Å²) in [6, 6.07) is 0. The van der Waals surface area contributed by atoms with Gasteiger partial charge in [-0.2, -0.15) is 0 Å². The average Bonchev–Trinajstić information content (AvgIpc) is 2.03. The third-order valence-electron chi connectivity index (χ3n) is 1.53. The minimum atomic E-state index is -0.472. The first-order valence-corrected chi connectivity index (χ1v) is 3.90. The number of hydrogen-bond acceptors (Lipinski definition) is 4. The summed E-state index contributed by atoms with van der Waals surface area (Å²) in [5.74, 6) is 0. The lowest BCUT2D eigenvalue weighted by Crippen LogP contribution is -2.40. The van der Waals surface area contributed by atoms with Crippen LogP contribution in [0, 0.1) is 0 Å². The molecule has 0 aromatic carbocycles. The third-order valence-corrected chi connectivity index (χ3v) is 1.53. The number of aliphatic hydroxyl groups is 1. The lowest BCUT2D eigenvalue weighted by Gasteiger charge is -2.23. The van der Waals surface area contributed by atoms with Crippen LogP contribution in [-0.2, 0) is 9.47 Å². The van der Waals surface area contributed by atoms with Gasteiger partial charge in [-0.1, -0.05) is 0 Å². The van der Waals surface area contributed by atoms with E-state index in [1.54, 1.807) is 6.92 Å². The Bertz CT molecular complexity index is 102. The summed E-state index contributed by atoms with van der Waals surface area (Å²) in [6.45, 7) is 4.30. The summed E-state index contributed by atoms with van der Waals surface area (Å²) in [4.78, 5) is 0. The van der Waals surface area contributed by atoms with Gasteiger partial charge in [-0.15, -0.1) is 0 Å². The van der Waals surface area contributed by atoms with Crippen molar-refractivity contribution in [1.82, 2.24) is 5.32 Å². The minimum absolute atomic E-state index is 0.0957. The van der Waals surface area contributed by atoms with Crippen LogP contribution >= 0.6 is 0 Å². The normalized spacial score (nSPS) is 28.4. The number of nitrogens with one attached hydrogen (secondary N) is 1. The lowest BCUT2D eigenvalue weighted by molar-refractivity contribution is -0.0894. The maximum atomic E-state index is 8.88. The molecule has 1 rings (SSSR count). The molecule has 0 amide bonds. The van der Waals surface area contributed by atoms with Gasteiger partial charge in [0.1, 0.15) is 6.23 Å². The first-order valence-electron chi connectivity index (χ1n) is 3.90. The largest absolute Gasteiger partial charge is 0.379 e. The van der Waals surface area contributed by atoms with Crippen molar-refractivity contribution >= 4 is 0 Å². The van der Waals surface area contributed by atoms with E-state index in [2.05, 4.69) is 5.32 Å². The zero-order valence-electron chi connectivity index (χ0n) is 6.75. The predicted octanol–water partition coefficient (Wildman–Crippen LogP) is -0.670. The molecule has 66 valence electrons. The van der Waals surface area contributed by atoms with E-state index in [-0.39, 0.29) is 6.10 Å². The van der Waals surface area contributed by atoms with Crippen LogP contribution in [0.15, 0.2) is 0 Å². The quantitative estimate of drug-likeness (QED) is 0.539. The third kappa shape index (κ3) is 3.67. The second-order valence-electron chi connectivity index (χ2n) is 2.65. The average molecular weight is 161 g/mol. The summed E-state index contributed by atoms with van der Waals surface area (Å²) >= 11 is 0. The molecule has 1 aliphatic heterocycles. The second-order valence-corrected chi connectivity index (χ2v) is 2.65. The van der Waals surface area contributed by atoms with Gasteiger partial charge in [0, 0.05) is 6.54 Å². The van der Waals surface area contributed by atoms with Gasteiger partial charge >= 0.3 is 0 Å². The van der Waals surface area contributed by atoms with Gasteiger partial charge in [0.25, 0.3) is 0 Å². The number of rotatable bonds is 3. The Morgan fingerprint density at radius 1 is 1.64 bits per heavy atom. The Morgan fingerprint density at radius 3 is 3.00 bits per heavy atom. The van der Waals surface area contributed by atoms with E-state index < -0.39 is 6.23 Å². The van der Waals surface area contributed by atoms with Gasteiger partial charge in [0.05, 0.1) is 25.9 Å². The van der Waals surface area contributed by atoms with Crippen LogP contribution < -0.4 is 5.32 Å². The molecule has 0 saturated carbocycles. The smallest absolute Gasteiger partial charge is 0.102 e. The SMILES string of the molecule is CC(O)NCC1COCCO1. The Hall–Kier alpha value is -0.160. The Morgan fingerprint density at radius 2 is 2.45 bits per heavy atom. The first kappa shape index (κ1) is 8.93. The van der Waals surface area contributed by atoms with Crippen LogP contribution in [0.1, 0.15) is 6.92 Å². The molecule has 2 atom stereocenters. The van der Waals surface area contributed by atoms with E-state index in [4.69, 9.17) is 14.6 Å². The zero-order chi connectivity index (χ0) is 8.10. The number of hydrogen-bond donors (Lipinski definition) is 2. The highest BCUT2D eigenvalue weighted by Gasteiger charge is 2.13. The van der Waals surface area contributed by atoms with E-state index in [1.807, 2.05) is 0 Å². The molecule has 0 aromatic rings. The van der Waals surface area contributed by atoms with Gasteiger partial charge in [0.2, 0.25) is 0 Å². The van der Waals surface area contributed by atoms with Crippen LogP contribution in [0.2, 0.25) is 0 Å². The van der Waals surface area contributed by atoms with E-state index in [9.17, 15) is 0 Å². The van der Waals surface area contributed by atoms with Crippen LogP contribution in [0.4, 0.5) is 0 Å². The molecule has 2 N–H and O–H groups in total. The van der Waals surface area contributed by atoms with Crippen LogP contribution in [0.5, 0.6) is 0 Å². The highest BCUT2D eigenvalue weighted by atomic mass is 16.6. The van der Waals surface area contributed by atoms with Gasteiger partial charge < -0.3 is 14.6 Å². The summed E-state index contributed by atoms with van der Waals surface area (Å²) in [5, 5.41) is 11.7. The van der Waals surface area contributed by atoms with E-state index in [1.165, 1.54) is 0 Å². The lowest BCUT2D eigenvalue weighted by atomic mass is 10.3. The van der Waals surface area contributed by atoms with Crippen molar-refractivity contribution in [3.05, 3.63) is 0 Å². The standard InChI is InChI=1S/C7H15NO3/c1-6(9)8-4-7-5-10-2-3-11-7/h6-9H,2-5H2,1H3. The predicted molar refractivity (Wildman–Crippen MR) is 40.2 cm³/mol. The monoisotopic (exact) mass is 161 g/mol. The van der Waals surface area contributed by atoms with Crippen molar-refractivity contribution in [3.63, 3.8) is 0 Å². The molecule has 0 spiro atoms. The maximum Gasteiger partial charge on any atom is 0.102 e. The fraction of sp³-hybridized carbons (Fsp3) is 1.00. The fourth-order valence-electron chi connectivity index (χ4n) is 0.956. The van der Waals surface area contributed by atoms with Crippen molar-refractivity contribution < 1.29 is 14.6 Å². The second kappa shape index (κ2) is 4.66. The summed E-state index contributed by atoms with van der Waals surface area (Å²) < 4.78 is 10.5. The van der Waals surface area contributed by atoms with E-state index >= 15 is 0 Å². The molecule has 4 heteroatoms. The summed E-state index contributed by atoms with van der Waals surface area (Å²) in [7, 11) is 0. The van der Waals surface area contributed by atoms with E-state index in [0.29, 0.717) is 26.4 Å². The molecule has 1 fully saturated rings. The van der Waals surface area contributed by atoms with Gasteiger partial charge in [0.15, 0.2) is 0 Å². The summed E-state index contributed by atoms with van der Waals surface area (Å²) in [5.41, 5.74) is 0. The van der Waals surface area contributed by atoms with Crippen LogP contribution in [0.3, 0.4) is 0 Å². The molecule has 4 nitrogen and oxygen atoms in total. The van der Waals surface area contributed by atoms with Gasteiger partial charge in [-0.25, -0.2) is 0 Å². The minimum Gasteiger partial charge on any atom is -0.379 e. The first-order chi connectivity index (χ1) is 5.29. The topological polar surface area (TPSA) is 50.7 Å². The molecular weight excluding hydrogens is 146 g/mol. The molecule has 1 aliphatic rings. The molecule has 1 heterocycles. The fourth-order valence-corrected chi connectivity index (χ4v) is 0.956. The molecule has 0 radical (unpaired) electrons. The Kier molecular flexibility index (Phi) is 3.79. The number of aliphatic hydroxyl groups excluding tert-OH is 1. The number of ether oxygens (including phenoxy) is 2. The van der Waals surface area contributed by atoms with Crippen LogP contribution in [0.25, 0.3) is 0 Å². The zero-order valence-corrected chi connectivity index (χ0v) is 6.75. The highest BCUT2D eigenvalue weighted by molar-refractivity contribution is 4.63. The van der Waals surface area contributed by atoms with Crippen molar-refractivity contribution in [2.24, 2.45) is 0 Å². The summed E-state index contributed by atoms with van der Waals surface area (Å²) in [6.07, 6.45) is -0.376. The Balaban J connectivity index is 2.05. The molecule has 1 saturated heterocycles. The van der Waals surface area contributed by atoms with Crippen molar-refractivity contribution in [2.45, 2.75) is 19.3 Å². The van der Waals surface area contributed by atoms with Crippen molar-refractivity contribution in [1.29, 1.82) is 0 Å². The molecule has 0 bridgehead atoms. The van der Waals surface area contributed by atoms with Crippen molar-refractivity contribution in [2.75, 3.05) is 26.4 Å². The van der Waals surface area contributed by atoms with Gasteiger partial charge in [-0.05, 0) is 6.92 Å². The molecule has 0 aliphatic carbocycles. The molecule has 0 aromatic heterocycles. The molecule has 11 heavy (non-hydrogen) atoms. The molecular formula is C7H15NO3. The van der Waals surface area contributed by atoms with Crippen LogP contribution in [-0.4, -0.2) is 43.8 Å². The maximum absolute atomic E-state index is 8.88. The van der Waals surface area contributed by atoms with E-state index in [0.717, 1.165) is 0 Å². The Labute approximate surface area is 66.5 Å². The van der Waals surface area contributed by atoms with Crippen molar-refractivity contribution in [3.8, 4) is 0 Å². The molecule has 2 unspecified atom stereocenters.